The van der Waals surface area contributed by atoms with Crippen molar-refractivity contribution >= 4 is 10.8 Å². The zero-order valence-electron chi connectivity index (χ0n) is 19.9. The molecule has 0 spiro atoms. The number of rotatable bonds is 5. The molecule has 3 nitrogen and oxygen atoms in total. The Balaban J connectivity index is 1.23. The minimum absolute atomic E-state index is 0.0137. The molecule has 0 radical (unpaired) electrons. The molecule has 3 aliphatic carbocycles. The number of fused-ring (bicyclic) bond motifs is 2. The Bertz CT molecular complexity index is 1390. The maximum Gasteiger partial charge on any atom is 0.233 e. The monoisotopic (exact) mass is 462 g/mol. The van der Waals surface area contributed by atoms with E-state index in [9.17, 15) is 0 Å². The summed E-state index contributed by atoms with van der Waals surface area (Å²) < 4.78 is 7.05. The lowest BCUT2D eigenvalue weighted by Crippen LogP contribution is -2.37. The maximum absolute atomic E-state index is 7.05. The number of ether oxygens (including phenoxy) is 1. The van der Waals surface area contributed by atoms with Crippen LogP contribution in [0.4, 0.5) is 0 Å². The number of hydrogen-bond acceptors (Lipinski definition) is 3. The molecule has 3 unspecified atom stereocenters. The lowest BCUT2D eigenvalue weighted by Gasteiger charge is -2.37. The van der Waals surface area contributed by atoms with E-state index in [0.717, 1.165) is 44.1 Å². The van der Waals surface area contributed by atoms with Crippen LogP contribution in [0.15, 0.2) is 84.9 Å². The molecule has 0 fully saturated rings. The summed E-state index contributed by atoms with van der Waals surface area (Å²) in [5.41, 5.74) is 7.81. The van der Waals surface area contributed by atoms with Gasteiger partial charge in [0.25, 0.3) is 0 Å². The second kappa shape index (κ2) is 8.60. The first-order chi connectivity index (χ1) is 17.3. The van der Waals surface area contributed by atoms with Crippen LogP contribution in [0.5, 0.6) is 0 Å². The summed E-state index contributed by atoms with van der Waals surface area (Å²) >= 11 is 0. The highest BCUT2D eigenvalue weighted by atomic mass is 17.2. The van der Waals surface area contributed by atoms with Crippen LogP contribution in [-0.2, 0) is 46.0 Å². The molecule has 3 heteroatoms. The van der Waals surface area contributed by atoms with Gasteiger partial charge in [-0.3, -0.25) is 0 Å². The van der Waals surface area contributed by atoms with Crippen molar-refractivity contribution < 1.29 is 14.5 Å². The van der Waals surface area contributed by atoms with Crippen molar-refractivity contribution in [2.75, 3.05) is 0 Å². The third-order valence-electron chi connectivity index (χ3n) is 8.09. The van der Waals surface area contributed by atoms with Crippen LogP contribution < -0.4 is 0 Å². The SMILES string of the molecule is c1ccc2c(c1)CCC(OOC1(OC3CCCc4ccccc43)Cc3cccc4cccc1c34)C2. The summed E-state index contributed by atoms with van der Waals surface area (Å²) in [6, 6.07) is 30.3. The summed E-state index contributed by atoms with van der Waals surface area (Å²) in [6.07, 6.45) is 6.73. The van der Waals surface area contributed by atoms with E-state index in [4.69, 9.17) is 14.5 Å². The molecule has 0 aromatic heterocycles. The molecule has 3 aliphatic rings. The van der Waals surface area contributed by atoms with Gasteiger partial charge in [-0.25, -0.2) is 4.89 Å². The molecule has 0 heterocycles. The third kappa shape index (κ3) is 3.70. The topological polar surface area (TPSA) is 27.7 Å². The van der Waals surface area contributed by atoms with E-state index in [1.807, 2.05) is 0 Å². The smallest absolute Gasteiger partial charge is 0.233 e. The highest BCUT2D eigenvalue weighted by Gasteiger charge is 2.46. The van der Waals surface area contributed by atoms with Crippen LogP contribution in [0.3, 0.4) is 0 Å². The highest BCUT2D eigenvalue weighted by Crippen LogP contribution is 2.49. The Labute approximate surface area is 206 Å². The Morgan fingerprint density at radius 2 is 1.46 bits per heavy atom. The first kappa shape index (κ1) is 21.3. The van der Waals surface area contributed by atoms with Gasteiger partial charge in [0.2, 0.25) is 5.79 Å². The average Bonchev–Trinajstić information content (AvgIpc) is 3.23. The quantitative estimate of drug-likeness (QED) is 0.179. The second-order valence-corrected chi connectivity index (χ2v) is 10.3. The predicted octanol–water partition coefficient (Wildman–Crippen LogP) is 7.15. The summed E-state index contributed by atoms with van der Waals surface area (Å²) in [5.74, 6) is -0.949. The molecule has 0 amide bonds. The molecule has 4 aromatic rings. The van der Waals surface area contributed by atoms with Crippen molar-refractivity contribution in [3.8, 4) is 0 Å². The fourth-order valence-corrected chi connectivity index (χ4v) is 6.38. The zero-order valence-corrected chi connectivity index (χ0v) is 19.9. The Hall–Kier alpha value is -2.98. The van der Waals surface area contributed by atoms with Crippen LogP contribution in [0.1, 0.15) is 58.7 Å². The van der Waals surface area contributed by atoms with Gasteiger partial charge in [0.05, 0.1) is 12.2 Å². The van der Waals surface area contributed by atoms with Crippen LogP contribution in [-0.4, -0.2) is 6.10 Å². The van der Waals surface area contributed by atoms with Gasteiger partial charge in [0.15, 0.2) is 0 Å². The molecule has 176 valence electrons. The molecular weight excluding hydrogens is 432 g/mol. The summed E-state index contributed by atoms with van der Waals surface area (Å²) in [7, 11) is 0. The molecule has 3 atom stereocenters. The number of aryl methyl sites for hydroxylation is 2. The molecule has 0 saturated heterocycles. The van der Waals surface area contributed by atoms with E-state index >= 15 is 0 Å². The maximum atomic E-state index is 7.05. The van der Waals surface area contributed by atoms with Gasteiger partial charge in [-0.05, 0) is 70.7 Å². The highest BCUT2D eigenvalue weighted by molar-refractivity contribution is 5.91. The Morgan fingerprint density at radius 1 is 0.686 bits per heavy atom. The fourth-order valence-electron chi connectivity index (χ4n) is 6.38. The van der Waals surface area contributed by atoms with Crippen molar-refractivity contribution in [1.82, 2.24) is 0 Å². The first-order valence-electron chi connectivity index (χ1n) is 13.0. The third-order valence-corrected chi connectivity index (χ3v) is 8.09. The lowest BCUT2D eigenvalue weighted by molar-refractivity contribution is -0.460. The van der Waals surface area contributed by atoms with Gasteiger partial charge in [-0.1, -0.05) is 84.9 Å². The molecule has 0 saturated carbocycles. The normalized spacial score (nSPS) is 24.8. The lowest BCUT2D eigenvalue weighted by atomic mass is 9.89. The predicted molar refractivity (Wildman–Crippen MR) is 137 cm³/mol. The second-order valence-electron chi connectivity index (χ2n) is 10.3. The van der Waals surface area contributed by atoms with E-state index < -0.39 is 5.79 Å². The van der Waals surface area contributed by atoms with Gasteiger partial charge in [-0.15, -0.1) is 0 Å². The number of hydrogen-bond donors (Lipinski definition) is 0. The standard InChI is InChI=1S/C32H30O3/c1-2-10-25-20-27(19-18-22(25)8-1)34-35-32(33-30-17-7-11-23-9-3-4-15-28(23)30)21-26-14-5-12-24-13-6-16-29(32)31(24)26/h1-6,8-10,12-16,27,30H,7,11,17-21H2. The van der Waals surface area contributed by atoms with E-state index in [1.165, 1.54) is 38.6 Å². The molecule has 0 N–H and O–H groups in total. The Morgan fingerprint density at radius 3 is 2.37 bits per heavy atom. The van der Waals surface area contributed by atoms with Gasteiger partial charge in [0, 0.05) is 18.4 Å². The van der Waals surface area contributed by atoms with Crippen LogP contribution in [0, 0.1) is 0 Å². The summed E-state index contributed by atoms with van der Waals surface area (Å²) in [5, 5.41) is 2.47. The minimum atomic E-state index is -0.949. The van der Waals surface area contributed by atoms with Gasteiger partial charge < -0.3 is 4.74 Å². The van der Waals surface area contributed by atoms with E-state index in [0.29, 0.717) is 6.42 Å². The zero-order chi connectivity index (χ0) is 23.2. The molecule has 0 aliphatic heterocycles. The fraction of sp³-hybridized carbons (Fsp3) is 0.312. The Kier molecular flexibility index (Phi) is 5.24. The van der Waals surface area contributed by atoms with E-state index in [1.54, 1.807) is 0 Å². The van der Waals surface area contributed by atoms with Crippen LogP contribution >= 0.6 is 0 Å². The summed E-state index contributed by atoms with van der Waals surface area (Å²) in [4.78, 5) is 12.8. The van der Waals surface area contributed by atoms with Crippen molar-refractivity contribution in [2.45, 2.75) is 62.9 Å². The van der Waals surface area contributed by atoms with Crippen molar-refractivity contribution in [1.29, 1.82) is 0 Å². The van der Waals surface area contributed by atoms with E-state index in [-0.39, 0.29) is 12.2 Å². The largest absolute Gasteiger partial charge is 0.335 e. The van der Waals surface area contributed by atoms with Gasteiger partial charge >= 0.3 is 0 Å². The van der Waals surface area contributed by atoms with Crippen molar-refractivity contribution in [2.24, 2.45) is 0 Å². The summed E-state index contributed by atoms with van der Waals surface area (Å²) in [6.45, 7) is 0. The molecule has 4 aromatic carbocycles. The first-order valence-corrected chi connectivity index (χ1v) is 13.0. The average molecular weight is 463 g/mol. The van der Waals surface area contributed by atoms with Gasteiger partial charge in [0.1, 0.15) is 0 Å². The molecule has 35 heavy (non-hydrogen) atoms. The van der Waals surface area contributed by atoms with Gasteiger partial charge in [-0.2, -0.15) is 4.89 Å². The van der Waals surface area contributed by atoms with Crippen LogP contribution in [0.25, 0.3) is 10.8 Å². The molecular formula is C32H30O3. The van der Waals surface area contributed by atoms with Crippen molar-refractivity contribution in [3.63, 3.8) is 0 Å². The van der Waals surface area contributed by atoms with E-state index in [2.05, 4.69) is 84.9 Å². The molecule has 7 rings (SSSR count). The molecule has 0 bridgehead atoms. The minimum Gasteiger partial charge on any atom is -0.335 e. The number of benzene rings is 4. The van der Waals surface area contributed by atoms with Crippen LogP contribution in [0.2, 0.25) is 0 Å². The van der Waals surface area contributed by atoms with Crippen molar-refractivity contribution in [3.05, 3.63) is 118 Å².